The summed E-state index contributed by atoms with van der Waals surface area (Å²) in [6, 6.07) is 4.82. The van der Waals surface area contributed by atoms with Gasteiger partial charge in [0.05, 0.1) is 20.8 Å². The number of nitrogens with one attached hydrogen (secondary N) is 1. The first kappa shape index (κ1) is 19.4. The lowest BCUT2D eigenvalue weighted by Gasteiger charge is -2.33. The fourth-order valence-corrected chi connectivity index (χ4v) is 2.55. The van der Waals surface area contributed by atoms with Crippen LogP contribution < -0.4 is 14.8 Å². The quantitative estimate of drug-likeness (QED) is 0.798. The molecule has 26 heavy (non-hydrogen) atoms. The molecule has 9 heteroatoms. The number of hydrogen-bond donors (Lipinski definition) is 1. The van der Waals surface area contributed by atoms with E-state index in [9.17, 15) is 14.4 Å². The lowest BCUT2D eigenvalue weighted by Crippen LogP contribution is -2.53. The lowest BCUT2D eigenvalue weighted by molar-refractivity contribution is -0.144. The summed E-state index contributed by atoms with van der Waals surface area (Å²) in [5.74, 6) is -0.433. The van der Waals surface area contributed by atoms with Crippen LogP contribution in [-0.4, -0.2) is 74.7 Å². The highest BCUT2D eigenvalue weighted by atomic mass is 16.6. The molecule has 0 unspecified atom stereocenters. The van der Waals surface area contributed by atoms with E-state index in [4.69, 9.17) is 14.2 Å². The van der Waals surface area contributed by atoms with Crippen molar-refractivity contribution in [2.75, 3.05) is 52.3 Å². The number of hydrogen-bond acceptors (Lipinski definition) is 6. The minimum absolute atomic E-state index is 0.275. The molecule has 1 aliphatic heterocycles. The summed E-state index contributed by atoms with van der Waals surface area (Å²) < 4.78 is 15.2. The second-order valence-electron chi connectivity index (χ2n) is 5.50. The molecule has 1 aliphatic rings. The highest BCUT2D eigenvalue weighted by Crippen LogP contribution is 2.29. The van der Waals surface area contributed by atoms with Gasteiger partial charge in [-0.3, -0.25) is 9.59 Å². The number of nitrogens with zero attached hydrogens (tertiary/aromatic N) is 2. The summed E-state index contributed by atoms with van der Waals surface area (Å²) in [4.78, 5) is 39.1. The zero-order valence-electron chi connectivity index (χ0n) is 15.1. The smallest absolute Gasteiger partial charge is 0.409 e. The van der Waals surface area contributed by atoms with E-state index in [1.54, 1.807) is 25.1 Å². The molecule has 9 nitrogen and oxygen atoms in total. The van der Waals surface area contributed by atoms with Gasteiger partial charge in [0, 0.05) is 37.9 Å². The van der Waals surface area contributed by atoms with Crippen molar-refractivity contribution < 1.29 is 28.6 Å². The molecule has 0 bridgehead atoms. The average Bonchev–Trinajstić information content (AvgIpc) is 2.67. The first-order valence-corrected chi connectivity index (χ1v) is 8.24. The molecule has 1 heterocycles. The molecule has 3 amide bonds. The zero-order chi connectivity index (χ0) is 19.1. The van der Waals surface area contributed by atoms with Crippen LogP contribution >= 0.6 is 0 Å². The van der Waals surface area contributed by atoms with Crippen molar-refractivity contribution in [1.82, 2.24) is 9.80 Å². The van der Waals surface area contributed by atoms with E-state index in [1.807, 2.05) is 0 Å². The second kappa shape index (κ2) is 8.93. The number of anilines is 1. The van der Waals surface area contributed by atoms with Gasteiger partial charge in [0.1, 0.15) is 0 Å². The van der Waals surface area contributed by atoms with Gasteiger partial charge in [-0.1, -0.05) is 0 Å². The average molecular weight is 365 g/mol. The van der Waals surface area contributed by atoms with Crippen molar-refractivity contribution in [2.24, 2.45) is 0 Å². The molecule has 0 saturated carbocycles. The standard InChI is InChI=1S/C17H23N3O6/c1-4-26-17(23)20-9-7-19(8-10-20)16(22)15(21)18-12-5-6-13(24-2)14(11-12)25-3/h5-6,11H,4,7-10H2,1-3H3,(H,18,21). The normalized spacial score (nSPS) is 13.8. The Kier molecular flexibility index (Phi) is 6.65. The van der Waals surface area contributed by atoms with Crippen LogP contribution in [0.2, 0.25) is 0 Å². The molecule has 1 aromatic rings. The van der Waals surface area contributed by atoms with Gasteiger partial charge in [0.25, 0.3) is 0 Å². The van der Waals surface area contributed by atoms with Gasteiger partial charge in [0.2, 0.25) is 0 Å². The van der Waals surface area contributed by atoms with Crippen molar-refractivity contribution >= 4 is 23.6 Å². The molecule has 0 radical (unpaired) electrons. The first-order chi connectivity index (χ1) is 12.5. The maximum Gasteiger partial charge on any atom is 0.409 e. The Balaban J connectivity index is 1.92. The van der Waals surface area contributed by atoms with Crippen LogP contribution in [0.1, 0.15) is 6.92 Å². The van der Waals surface area contributed by atoms with Crippen LogP contribution in [0.4, 0.5) is 10.5 Å². The highest BCUT2D eigenvalue weighted by Gasteiger charge is 2.28. The zero-order valence-corrected chi connectivity index (χ0v) is 15.1. The predicted octanol–water partition coefficient (Wildman–Crippen LogP) is 0.943. The number of piperazine rings is 1. The van der Waals surface area contributed by atoms with Crippen molar-refractivity contribution in [1.29, 1.82) is 0 Å². The lowest BCUT2D eigenvalue weighted by atomic mass is 10.2. The summed E-state index contributed by atoms with van der Waals surface area (Å²) in [7, 11) is 2.99. The number of benzene rings is 1. The summed E-state index contributed by atoms with van der Waals surface area (Å²) in [6.07, 6.45) is -0.408. The Labute approximate surface area is 151 Å². The van der Waals surface area contributed by atoms with E-state index in [-0.39, 0.29) is 13.1 Å². The van der Waals surface area contributed by atoms with Gasteiger partial charge in [-0.25, -0.2) is 4.79 Å². The van der Waals surface area contributed by atoms with Gasteiger partial charge in [-0.05, 0) is 19.1 Å². The Morgan fingerprint density at radius 3 is 2.19 bits per heavy atom. The fraction of sp³-hybridized carbons (Fsp3) is 0.471. The number of ether oxygens (including phenoxy) is 3. The molecule has 0 spiro atoms. The SMILES string of the molecule is CCOC(=O)N1CCN(C(=O)C(=O)Nc2ccc(OC)c(OC)c2)CC1. The van der Waals surface area contributed by atoms with E-state index < -0.39 is 17.9 Å². The minimum atomic E-state index is -0.748. The first-order valence-electron chi connectivity index (χ1n) is 8.24. The molecule has 142 valence electrons. The molecule has 1 aromatic carbocycles. The molecule has 1 saturated heterocycles. The monoisotopic (exact) mass is 365 g/mol. The largest absolute Gasteiger partial charge is 0.493 e. The molecule has 0 aromatic heterocycles. The van der Waals surface area contributed by atoms with Crippen LogP contribution in [-0.2, 0) is 14.3 Å². The third-order valence-electron chi connectivity index (χ3n) is 3.93. The van der Waals surface area contributed by atoms with Gasteiger partial charge >= 0.3 is 17.9 Å². The fourth-order valence-electron chi connectivity index (χ4n) is 2.55. The molecule has 1 N–H and O–H groups in total. The van der Waals surface area contributed by atoms with E-state index in [1.165, 1.54) is 24.0 Å². The third kappa shape index (κ3) is 4.56. The maximum absolute atomic E-state index is 12.3. The molecule has 2 rings (SSSR count). The van der Waals surface area contributed by atoms with Crippen LogP contribution in [0.25, 0.3) is 0 Å². The van der Waals surface area contributed by atoms with Gasteiger partial charge < -0.3 is 29.3 Å². The van der Waals surface area contributed by atoms with E-state index in [0.717, 1.165) is 0 Å². The third-order valence-corrected chi connectivity index (χ3v) is 3.93. The predicted molar refractivity (Wildman–Crippen MR) is 93.4 cm³/mol. The molecular formula is C17H23N3O6. The highest BCUT2D eigenvalue weighted by molar-refractivity contribution is 6.39. The topological polar surface area (TPSA) is 97.4 Å². The number of methoxy groups -OCH3 is 2. The number of carbonyl (C=O) groups is 3. The summed E-state index contributed by atoms with van der Waals surface area (Å²) >= 11 is 0. The number of carbonyl (C=O) groups excluding carboxylic acids is 3. The van der Waals surface area contributed by atoms with Crippen LogP contribution in [0.3, 0.4) is 0 Å². The van der Waals surface area contributed by atoms with Crippen molar-refractivity contribution in [3.8, 4) is 11.5 Å². The molecule has 0 atom stereocenters. The molecule has 1 fully saturated rings. The van der Waals surface area contributed by atoms with E-state index in [0.29, 0.717) is 36.9 Å². The number of amides is 3. The Hall–Kier alpha value is -2.97. The molecule has 0 aliphatic carbocycles. The van der Waals surface area contributed by atoms with E-state index in [2.05, 4.69) is 5.32 Å². The summed E-state index contributed by atoms with van der Waals surface area (Å²) in [5.41, 5.74) is 0.422. The number of rotatable bonds is 4. The second-order valence-corrected chi connectivity index (χ2v) is 5.50. The van der Waals surface area contributed by atoms with Crippen LogP contribution in [0.15, 0.2) is 18.2 Å². The van der Waals surface area contributed by atoms with Crippen molar-refractivity contribution in [3.05, 3.63) is 18.2 Å². The maximum atomic E-state index is 12.3. The summed E-state index contributed by atoms with van der Waals surface area (Å²) in [6.45, 7) is 3.23. The van der Waals surface area contributed by atoms with Crippen LogP contribution in [0, 0.1) is 0 Å². The minimum Gasteiger partial charge on any atom is -0.493 e. The summed E-state index contributed by atoms with van der Waals surface area (Å²) in [5, 5.41) is 2.55. The Morgan fingerprint density at radius 2 is 1.62 bits per heavy atom. The van der Waals surface area contributed by atoms with Crippen molar-refractivity contribution in [3.63, 3.8) is 0 Å². The van der Waals surface area contributed by atoms with Gasteiger partial charge in [0.15, 0.2) is 11.5 Å². The van der Waals surface area contributed by atoms with Crippen molar-refractivity contribution in [2.45, 2.75) is 6.92 Å². The van der Waals surface area contributed by atoms with E-state index >= 15 is 0 Å². The van der Waals surface area contributed by atoms with Gasteiger partial charge in [-0.2, -0.15) is 0 Å². The van der Waals surface area contributed by atoms with Crippen LogP contribution in [0.5, 0.6) is 11.5 Å². The molecular weight excluding hydrogens is 342 g/mol. The Bertz CT molecular complexity index is 670. The Morgan fingerprint density at radius 1 is 1.00 bits per heavy atom. The van der Waals surface area contributed by atoms with Gasteiger partial charge in [-0.15, -0.1) is 0 Å².